The molecule has 0 spiro atoms. The SMILES string of the molecule is COc1cc(N(C)C2CCN(C)CC2)c(F)cc1N. The molecule has 19 heavy (non-hydrogen) atoms. The van der Waals surface area contributed by atoms with Crippen LogP contribution in [0.15, 0.2) is 12.1 Å². The van der Waals surface area contributed by atoms with Crippen LogP contribution in [0.5, 0.6) is 5.75 Å². The van der Waals surface area contributed by atoms with Crippen LogP contribution in [0.3, 0.4) is 0 Å². The Bertz CT molecular complexity index is 445. The van der Waals surface area contributed by atoms with Gasteiger partial charge in [-0.1, -0.05) is 0 Å². The second kappa shape index (κ2) is 5.65. The maximum atomic E-state index is 14.1. The molecule has 0 aliphatic carbocycles. The number of halogens is 1. The molecule has 0 amide bonds. The second-order valence-corrected chi connectivity index (χ2v) is 5.19. The molecule has 0 bridgehead atoms. The zero-order chi connectivity index (χ0) is 14.0. The number of nitrogen functional groups attached to an aromatic ring is 1. The molecular formula is C14H22FN3O. The Hall–Kier alpha value is -1.49. The molecule has 1 heterocycles. The van der Waals surface area contributed by atoms with Gasteiger partial charge in [-0.2, -0.15) is 0 Å². The number of nitrogens with two attached hydrogens (primary N) is 1. The van der Waals surface area contributed by atoms with Crippen molar-refractivity contribution in [3.05, 3.63) is 17.9 Å². The summed E-state index contributed by atoms with van der Waals surface area (Å²) in [6.07, 6.45) is 2.08. The van der Waals surface area contributed by atoms with E-state index in [-0.39, 0.29) is 5.82 Å². The number of rotatable bonds is 3. The van der Waals surface area contributed by atoms with Crippen LogP contribution >= 0.6 is 0 Å². The molecule has 1 aliphatic rings. The van der Waals surface area contributed by atoms with Crippen molar-refractivity contribution in [1.29, 1.82) is 0 Å². The monoisotopic (exact) mass is 267 g/mol. The number of ether oxygens (including phenoxy) is 1. The summed E-state index contributed by atoms with van der Waals surface area (Å²) in [4.78, 5) is 4.30. The third-order valence-electron chi connectivity index (χ3n) is 3.91. The predicted molar refractivity (Wildman–Crippen MR) is 76.3 cm³/mol. The first kappa shape index (κ1) is 13.9. The van der Waals surface area contributed by atoms with Crippen molar-refractivity contribution in [2.24, 2.45) is 0 Å². The first-order valence-electron chi connectivity index (χ1n) is 6.57. The molecule has 0 unspecified atom stereocenters. The lowest BCUT2D eigenvalue weighted by molar-refractivity contribution is 0.252. The fourth-order valence-electron chi connectivity index (χ4n) is 2.58. The van der Waals surface area contributed by atoms with E-state index in [1.807, 2.05) is 11.9 Å². The Balaban J connectivity index is 2.21. The normalized spacial score (nSPS) is 17.5. The summed E-state index contributed by atoms with van der Waals surface area (Å²) >= 11 is 0. The van der Waals surface area contributed by atoms with Crippen molar-refractivity contribution >= 4 is 11.4 Å². The van der Waals surface area contributed by atoms with Gasteiger partial charge in [0.2, 0.25) is 0 Å². The summed E-state index contributed by atoms with van der Waals surface area (Å²) in [5.41, 5.74) is 6.60. The Labute approximate surface area is 113 Å². The maximum Gasteiger partial charge on any atom is 0.148 e. The van der Waals surface area contributed by atoms with E-state index >= 15 is 0 Å². The summed E-state index contributed by atoms with van der Waals surface area (Å²) in [6.45, 7) is 2.09. The minimum atomic E-state index is -0.292. The Morgan fingerprint density at radius 3 is 2.58 bits per heavy atom. The number of piperidine rings is 1. The number of likely N-dealkylation sites (tertiary alicyclic amines) is 1. The number of methoxy groups -OCH3 is 1. The molecule has 2 rings (SSSR count). The van der Waals surface area contributed by atoms with Crippen molar-refractivity contribution in [1.82, 2.24) is 4.90 Å². The zero-order valence-corrected chi connectivity index (χ0v) is 11.8. The van der Waals surface area contributed by atoms with Gasteiger partial charge in [-0.3, -0.25) is 0 Å². The van der Waals surface area contributed by atoms with Gasteiger partial charge in [-0.25, -0.2) is 4.39 Å². The quantitative estimate of drug-likeness (QED) is 0.850. The molecular weight excluding hydrogens is 245 g/mol. The van der Waals surface area contributed by atoms with Crippen LogP contribution < -0.4 is 15.4 Å². The number of hydrogen-bond acceptors (Lipinski definition) is 4. The van der Waals surface area contributed by atoms with Crippen LogP contribution in [-0.4, -0.2) is 45.2 Å². The molecule has 0 atom stereocenters. The third-order valence-corrected chi connectivity index (χ3v) is 3.91. The molecule has 2 N–H and O–H groups in total. The highest BCUT2D eigenvalue weighted by atomic mass is 19.1. The van der Waals surface area contributed by atoms with Crippen LogP contribution in [0.25, 0.3) is 0 Å². The first-order valence-corrected chi connectivity index (χ1v) is 6.57. The molecule has 4 nitrogen and oxygen atoms in total. The van der Waals surface area contributed by atoms with Gasteiger partial charge in [0, 0.05) is 25.2 Å². The van der Waals surface area contributed by atoms with Crippen LogP contribution in [0.4, 0.5) is 15.8 Å². The Morgan fingerprint density at radius 2 is 2.00 bits per heavy atom. The average molecular weight is 267 g/mol. The molecule has 0 radical (unpaired) electrons. The van der Waals surface area contributed by atoms with Gasteiger partial charge in [0.05, 0.1) is 18.5 Å². The fraction of sp³-hybridized carbons (Fsp3) is 0.571. The van der Waals surface area contributed by atoms with Gasteiger partial charge < -0.3 is 20.3 Å². The van der Waals surface area contributed by atoms with Gasteiger partial charge in [0.25, 0.3) is 0 Å². The molecule has 1 aromatic rings. The predicted octanol–water partition coefficient (Wildman–Crippen LogP) is 1.95. The van der Waals surface area contributed by atoms with E-state index in [9.17, 15) is 4.39 Å². The van der Waals surface area contributed by atoms with Gasteiger partial charge in [-0.05, 0) is 33.0 Å². The molecule has 106 valence electrons. The summed E-state index contributed by atoms with van der Waals surface area (Å²) in [7, 11) is 5.59. The number of nitrogens with zero attached hydrogens (tertiary/aromatic N) is 2. The van der Waals surface area contributed by atoms with E-state index < -0.39 is 0 Å². The van der Waals surface area contributed by atoms with Crippen molar-refractivity contribution in [3.8, 4) is 5.75 Å². The van der Waals surface area contributed by atoms with E-state index in [1.165, 1.54) is 6.07 Å². The van der Waals surface area contributed by atoms with Crippen LogP contribution in [0.1, 0.15) is 12.8 Å². The van der Waals surface area contributed by atoms with Gasteiger partial charge >= 0.3 is 0 Å². The van der Waals surface area contributed by atoms with E-state index in [4.69, 9.17) is 10.5 Å². The highest BCUT2D eigenvalue weighted by molar-refractivity contribution is 5.63. The lowest BCUT2D eigenvalue weighted by Gasteiger charge is -2.36. The van der Waals surface area contributed by atoms with Crippen molar-refractivity contribution in [2.45, 2.75) is 18.9 Å². The smallest absolute Gasteiger partial charge is 0.148 e. The van der Waals surface area contributed by atoms with Crippen molar-refractivity contribution < 1.29 is 9.13 Å². The average Bonchev–Trinajstić information content (AvgIpc) is 2.39. The Morgan fingerprint density at radius 1 is 1.37 bits per heavy atom. The Kier molecular flexibility index (Phi) is 4.14. The first-order chi connectivity index (χ1) is 9.02. The molecule has 0 aromatic heterocycles. The van der Waals surface area contributed by atoms with Gasteiger partial charge in [-0.15, -0.1) is 0 Å². The maximum absolute atomic E-state index is 14.1. The van der Waals surface area contributed by atoms with Gasteiger partial charge in [0.1, 0.15) is 11.6 Å². The van der Waals surface area contributed by atoms with Crippen LogP contribution in [0.2, 0.25) is 0 Å². The van der Waals surface area contributed by atoms with Crippen molar-refractivity contribution in [2.75, 3.05) is 44.9 Å². The second-order valence-electron chi connectivity index (χ2n) is 5.19. The summed E-state index contributed by atoms with van der Waals surface area (Å²) in [6, 6.07) is 3.38. The van der Waals surface area contributed by atoms with Crippen molar-refractivity contribution in [3.63, 3.8) is 0 Å². The summed E-state index contributed by atoms with van der Waals surface area (Å²) in [5.74, 6) is 0.232. The largest absolute Gasteiger partial charge is 0.495 e. The van der Waals surface area contributed by atoms with E-state index in [1.54, 1.807) is 13.2 Å². The highest BCUT2D eigenvalue weighted by Gasteiger charge is 2.23. The number of anilines is 2. The third kappa shape index (κ3) is 2.92. The molecule has 1 aliphatic heterocycles. The van der Waals surface area contributed by atoms with Crippen LogP contribution in [0, 0.1) is 5.82 Å². The highest BCUT2D eigenvalue weighted by Crippen LogP contribution is 2.32. The number of benzene rings is 1. The van der Waals surface area contributed by atoms with E-state index in [0.717, 1.165) is 25.9 Å². The zero-order valence-electron chi connectivity index (χ0n) is 11.8. The molecule has 5 heteroatoms. The van der Waals surface area contributed by atoms with Crippen LogP contribution in [-0.2, 0) is 0 Å². The lowest BCUT2D eigenvalue weighted by Crippen LogP contribution is -2.42. The molecule has 1 fully saturated rings. The molecule has 1 saturated heterocycles. The topological polar surface area (TPSA) is 41.7 Å². The molecule has 0 saturated carbocycles. The molecule has 1 aromatic carbocycles. The van der Waals surface area contributed by atoms with E-state index in [2.05, 4.69) is 11.9 Å². The minimum Gasteiger partial charge on any atom is -0.495 e. The fourth-order valence-corrected chi connectivity index (χ4v) is 2.58. The summed E-state index contributed by atoms with van der Waals surface area (Å²) < 4.78 is 19.2. The van der Waals surface area contributed by atoms with E-state index in [0.29, 0.717) is 23.2 Å². The number of hydrogen-bond donors (Lipinski definition) is 1. The van der Waals surface area contributed by atoms with Gasteiger partial charge in [0.15, 0.2) is 0 Å². The minimum absolute atomic E-state index is 0.292. The lowest BCUT2D eigenvalue weighted by atomic mass is 10.0. The summed E-state index contributed by atoms with van der Waals surface area (Å²) in [5, 5.41) is 0. The standard InChI is InChI=1S/C14H22FN3O/c1-17-6-4-10(5-7-17)18(2)13-9-14(19-3)12(16)8-11(13)15/h8-10H,4-7,16H2,1-3H3.